The largest absolute Gasteiger partial charge is 0.385 e. The molecule has 0 saturated carbocycles. The van der Waals surface area contributed by atoms with Gasteiger partial charge in [0.05, 0.1) is 0 Å². The molecule has 0 bridgehead atoms. The highest BCUT2D eigenvalue weighted by Crippen LogP contribution is 2.01. The Labute approximate surface area is 76.3 Å². The average Bonchev–Trinajstić information content (AvgIpc) is 2.10. The maximum absolute atomic E-state index is 5.48. The Bertz CT molecular complexity index is 83.9. The third-order valence-electron chi connectivity index (χ3n) is 1.99. The van der Waals surface area contributed by atoms with Crippen LogP contribution in [-0.4, -0.2) is 26.9 Å². The summed E-state index contributed by atoms with van der Waals surface area (Å²) in [5.41, 5.74) is 0. The molecule has 0 aliphatic heterocycles. The van der Waals surface area contributed by atoms with E-state index < -0.39 is 0 Å². The molecule has 2 nitrogen and oxygen atoms in total. The first-order valence-electron chi connectivity index (χ1n) is 4.88. The lowest BCUT2D eigenvalue weighted by atomic mass is 10.1. The van der Waals surface area contributed by atoms with Crippen LogP contribution in [0.25, 0.3) is 0 Å². The Hall–Kier alpha value is -0.0800. The van der Waals surface area contributed by atoms with Gasteiger partial charge in [0, 0.05) is 26.9 Å². The van der Waals surface area contributed by atoms with E-state index in [1.165, 1.54) is 6.42 Å². The molecule has 0 aliphatic rings. The molecule has 0 radical (unpaired) electrons. The van der Waals surface area contributed by atoms with Crippen LogP contribution in [0.1, 0.15) is 33.1 Å². The fourth-order valence-electron chi connectivity index (χ4n) is 0.853. The maximum Gasteiger partial charge on any atom is 0.0491 e. The fourth-order valence-corrected chi connectivity index (χ4v) is 0.853. The van der Waals surface area contributed by atoms with Crippen LogP contribution >= 0.6 is 0 Å². The first kappa shape index (κ1) is 11.9. The molecule has 0 heterocycles. The predicted octanol–water partition coefficient (Wildman–Crippen LogP) is 2.48. The monoisotopic (exact) mass is 174 g/mol. The van der Waals surface area contributed by atoms with Crippen LogP contribution in [0.15, 0.2) is 0 Å². The molecule has 74 valence electrons. The van der Waals surface area contributed by atoms with Crippen molar-refractivity contribution < 1.29 is 9.47 Å². The molecule has 0 rings (SSSR count). The van der Waals surface area contributed by atoms with Crippen molar-refractivity contribution in [3.05, 3.63) is 0 Å². The van der Waals surface area contributed by atoms with Gasteiger partial charge in [-0.2, -0.15) is 0 Å². The Balaban J connectivity index is 2.90. The molecule has 0 amide bonds. The van der Waals surface area contributed by atoms with E-state index in [2.05, 4.69) is 13.8 Å². The molecular weight excluding hydrogens is 152 g/mol. The van der Waals surface area contributed by atoms with Gasteiger partial charge >= 0.3 is 0 Å². The van der Waals surface area contributed by atoms with Crippen LogP contribution in [0.4, 0.5) is 0 Å². The van der Waals surface area contributed by atoms with Crippen molar-refractivity contribution in [1.82, 2.24) is 0 Å². The molecule has 0 aromatic heterocycles. The molecule has 12 heavy (non-hydrogen) atoms. The van der Waals surface area contributed by atoms with Gasteiger partial charge in [-0.25, -0.2) is 0 Å². The van der Waals surface area contributed by atoms with Gasteiger partial charge in [-0.1, -0.05) is 20.3 Å². The quantitative estimate of drug-likeness (QED) is 0.526. The van der Waals surface area contributed by atoms with Crippen molar-refractivity contribution in [2.45, 2.75) is 33.1 Å². The standard InChI is InChI=1S/C10H22O2/c1-4-10(2)9-12-8-6-5-7-11-3/h10H,4-9H2,1-3H3. The molecule has 1 unspecified atom stereocenters. The van der Waals surface area contributed by atoms with E-state index in [4.69, 9.17) is 9.47 Å². The lowest BCUT2D eigenvalue weighted by Gasteiger charge is -2.08. The summed E-state index contributed by atoms with van der Waals surface area (Å²) in [7, 11) is 1.74. The van der Waals surface area contributed by atoms with Gasteiger partial charge < -0.3 is 9.47 Å². The van der Waals surface area contributed by atoms with E-state index >= 15 is 0 Å². The average molecular weight is 174 g/mol. The molecule has 0 spiro atoms. The zero-order chi connectivity index (χ0) is 9.23. The van der Waals surface area contributed by atoms with Gasteiger partial charge in [-0.05, 0) is 18.8 Å². The Morgan fingerprint density at radius 3 is 2.42 bits per heavy atom. The van der Waals surface area contributed by atoms with Crippen LogP contribution in [0, 0.1) is 5.92 Å². The third kappa shape index (κ3) is 8.02. The van der Waals surface area contributed by atoms with Crippen molar-refractivity contribution in [2.75, 3.05) is 26.9 Å². The Morgan fingerprint density at radius 2 is 1.83 bits per heavy atom. The van der Waals surface area contributed by atoms with Crippen molar-refractivity contribution >= 4 is 0 Å². The minimum atomic E-state index is 0.701. The van der Waals surface area contributed by atoms with E-state index in [0.717, 1.165) is 32.7 Å². The summed E-state index contributed by atoms with van der Waals surface area (Å²) >= 11 is 0. The highest BCUT2D eigenvalue weighted by molar-refractivity contribution is 4.46. The fraction of sp³-hybridized carbons (Fsp3) is 1.00. The van der Waals surface area contributed by atoms with Crippen molar-refractivity contribution in [3.63, 3.8) is 0 Å². The zero-order valence-corrected chi connectivity index (χ0v) is 8.64. The van der Waals surface area contributed by atoms with Crippen molar-refractivity contribution in [1.29, 1.82) is 0 Å². The number of hydrogen-bond donors (Lipinski definition) is 0. The Morgan fingerprint density at radius 1 is 1.17 bits per heavy atom. The lowest BCUT2D eigenvalue weighted by molar-refractivity contribution is 0.0937. The zero-order valence-electron chi connectivity index (χ0n) is 8.64. The molecule has 2 heteroatoms. The van der Waals surface area contributed by atoms with Gasteiger partial charge in [0.15, 0.2) is 0 Å². The van der Waals surface area contributed by atoms with Crippen LogP contribution in [0.2, 0.25) is 0 Å². The van der Waals surface area contributed by atoms with Crippen molar-refractivity contribution in [2.24, 2.45) is 5.92 Å². The minimum absolute atomic E-state index is 0.701. The predicted molar refractivity (Wildman–Crippen MR) is 51.4 cm³/mol. The molecule has 0 saturated heterocycles. The number of methoxy groups -OCH3 is 1. The first-order chi connectivity index (χ1) is 5.81. The summed E-state index contributed by atoms with van der Waals surface area (Å²) in [5, 5.41) is 0. The van der Waals surface area contributed by atoms with Gasteiger partial charge in [-0.3, -0.25) is 0 Å². The van der Waals surface area contributed by atoms with Gasteiger partial charge in [0.1, 0.15) is 0 Å². The SMILES string of the molecule is CCC(C)COCCCCOC. The Kier molecular flexibility index (Phi) is 8.95. The van der Waals surface area contributed by atoms with Gasteiger partial charge in [-0.15, -0.1) is 0 Å². The van der Waals surface area contributed by atoms with E-state index in [-0.39, 0.29) is 0 Å². The lowest BCUT2D eigenvalue weighted by Crippen LogP contribution is -2.06. The van der Waals surface area contributed by atoms with Crippen LogP contribution in [0.3, 0.4) is 0 Å². The first-order valence-corrected chi connectivity index (χ1v) is 4.88. The maximum atomic E-state index is 5.48. The van der Waals surface area contributed by atoms with Crippen LogP contribution in [0.5, 0.6) is 0 Å². The number of unbranched alkanes of at least 4 members (excludes halogenated alkanes) is 1. The van der Waals surface area contributed by atoms with E-state index in [0.29, 0.717) is 5.92 Å². The molecule has 0 aromatic carbocycles. The summed E-state index contributed by atoms with van der Waals surface area (Å²) in [5.74, 6) is 0.701. The number of rotatable bonds is 8. The summed E-state index contributed by atoms with van der Waals surface area (Å²) in [6.07, 6.45) is 3.43. The van der Waals surface area contributed by atoms with Crippen LogP contribution < -0.4 is 0 Å². The smallest absolute Gasteiger partial charge is 0.0491 e. The molecular formula is C10H22O2. The highest BCUT2D eigenvalue weighted by atomic mass is 16.5. The molecule has 0 N–H and O–H groups in total. The summed E-state index contributed by atoms with van der Waals surface area (Å²) in [6.45, 7) is 7.05. The topological polar surface area (TPSA) is 18.5 Å². The second-order valence-electron chi connectivity index (χ2n) is 3.29. The number of hydrogen-bond acceptors (Lipinski definition) is 2. The van der Waals surface area contributed by atoms with E-state index in [9.17, 15) is 0 Å². The summed E-state index contributed by atoms with van der Waals surface area (Å²) in [6, 6.07) is 0. The van der Waals surface area contributed by atoms with Gasteiger partial charge in [0.25, 0.3) is 0 Å². The van der Waals surface area contributed by atoms with E-state index in [1.54, 1.807) is 7.11 Å². The van der Waals surface area contributed by atoms with E-state index in [1.807, 2.05) is 0 Å². The molecule has 1 atom stereocenters. The molecule has 0 aromatic rings. The third-order valence-corrected chi connectivity index (χ3v) is 1.99. The second-order valence-corrected chi connectivity index (χ2v) is 3.29. The summed E-state index contributed by atoms with van der Waals surface area (Å²) < 4.78 is 10.4. The van der Waals surface area contributed by atoms with Crippen molar-refractivity contribution in [3.8, 4) is 0 Å². The molecule has 0 aliphatic carbocycles. The summed E-state index contributed by atoms with van der Waals surface area (Å²) in [4.78, 5) is 0. The molecule has 0 fully saturated rings. The van der Waals surface area contributed by atoms with Crippen LogP contribution in [-0.2, 0) is 9.47 Å². The van der Waals surface area contributed by atoms with Gasteiger partial charge in [0.2, 0.25) is 0 Å². The highest BCUT2D eigenvalue weighted by Gasteiger charge is 1.97. The second kappa shape index (κ2) is 9.01. The number of ether oxygens (including phenoxy) is 2. The minimum Gasteiger partial charge on any atom is -0.385 e. The normalized spacial score (nSPS) is 13.2.